The predicted molar refractivity (Wildman–Crippen MR) is 201 cm³/mol. The third-order valence-electron chi connectivity index (χ3n) is 8.69. The number of rotatable bonds is 23. The van der Waals surface area contributed by atoms with Crippen LogP contribution in [-0.2, 0) is 33.6 Å². The Balaban J connectivity index is 3.08. The average Bonchev–Trinajstić information content (AvgIpc) is 3.55. The second-order valence-electron chi connectivity index (χ2n) is 15.0. The fourth-order valence-electron chi connectivity index (χ4n) is 5.93. The van der Waals surface area contributed by atoms with E-state index in [2.05, 4.69) is 39.2 Å². The lowest BCUT2D eigenvalue weighted by Gasteiger charge is -2.30. The number of thiol groups is 1. The smallest absolute Gasteiger partial charge is 0.326 e. The maximum Gasteiger partial charge on any atom is 0.326 e. The van der Waals surface area contributed by atoms with E-state index >= 15 is 0 Å². The minimum absolute atomic E-state index is 0.00555. The van der Waals surface area contributed by atoms with E-state index in [1.807, 2.05) is 41.5 Å². The highest BCUT2D eigenvalue weighted by Gasteiger charge is 2.39. The standard InChI is InChI=1S/C35H64N8O8S/c1-19(2)15-25(32(47)39-24(11-8-9-13-36)31(46)42-27(35(50)51)17-21(5)6)40-29(44)22(7)38-33(48)28-12-10-14-43(28)34(49)26(16-20(3)4)41-30(45)23(37)18-52/h19-28,52H,8-18,36-37H2,1-7H3,(H,38,48)(H,39,47)(H,40,44)(H,41,45)(H,42,46)(H,50,51)/t22-,23-,24-,25-,26-,27-,28-/m0/s1. The number of carbonyl (C=O) groups excluding carboxylic acids is 6. The fourth-order valence-corrected chi connectivity index (χ4v) is 6.10. The number of carboxylic acids is 1. The minimum atomic E-state index is -1.18. The molecule has 17 heteroatoms. The molecule has 0 saturated carbocycles. The van der Waals surface area contributed by atoms with Gasteiger partial charge >= 0.3 is 5.97 Å². The van der Waals surface area contributed by atoms with Gasteiger partial charge in [0.1, 0.15) is 36.3 Å². The highest BCUT2D eigenvalue weighted by atomic mass is 32.1. The third kappa shape index (κ3) is 16.1. The van der Waals surface area contributed by atoms with Crippen molar-refractivity contribution in [1.29, 1.82) is 0 Å². The van der Waals surface area contributed by atoms with Gasteiger partial charge in [-0.15, -0.1) is 0 Å². The molecule has 0 unspecified atom stereocenters. The molecule has 10 N–H and O–H groups in total. The Morgan fingerprint density at radius 3 is 1.75 bits per heavy atom. The van der Waals surface area contributed by atoms with Gasteiger partial charge in [0.15, 0.2) is 0 Å². The summed E-state index contributed by atoms with van der Waals surface area (Å²) in [4.78, 5) is 93.1. The molecule has 7 atom stereocenters. The van der Waals surface area contributed by atoms with Crippen LogP contribution in [0.3, 0.4) is 0 Å². The summed E-state index contributed by atoms with van der Waals surface area (Å²) >= 11 is 4.06. The first-order valence-corrected chi connectivity index (χ1v) is 19.1. The van der Waals surface area contributed by atoms with Crippen LogP contribution in [0.4, 0.5) is 0 Å². The molecule has 0 aromatic heterocycles. The van der Waals surface area contributed by atoms with Crippen molar-refractivity contribution in [2.75, 3.05) is 18.8 Å². The molecule has 52 heavy (non-hydrogen) atoms. The first kappa shape index (κ1) is 46.6. The Bertz CT molecular complexity index is 1220. The lowest BCUT2D eigenvalue weighted by atomic mass is 10.0. The van der Waals surface area contributed by atoms with E-state index in [1.54, 1.807) is 0 Å². The Hall–Kier alpha value is -3.44. The first-order chi connectivity index (χ1) is 24.3. The van der Waals surface area contributed by atoms with Crippen molar-refractivity contribution < 1.29 is 38.7 Å². The largest absolute Gasteiger partial charge is 0.480 e. The topological polar surface area (TPSA) is 255 Å². The number of hydrogen-bond acceptors (Lipinski definition) is 10. The van der Waals surface area contributed by atoms with E-state index < -0.39 is 83.7 Å². The number of aliphatic carboxylic acids is 1. The summed E-state index contributed by atoms with van der Waals surface area (Å²) in [5.74, 6) is -4.50. The highest BCUT2D eigenvalue weighted by Crippen LogP contribution is 2.21. The van der Waals surface area contributed by atoms with E-state index in [0.29, 0.717) is 45.2 Å². The van der Waals surface area contributed by atoms with Gasteiger partial charge in [-0.2, -0.15) is 12.6 Å². The number of carbonyl (C=O) groups is 7. The molecule has 1 rings (SSSR count). The molecule has 0 aromatic rings. The first-order valence-electron chi connectivity index (χ1n) is 18.4. The van der Waals surface area contributed by atoms with Crippen LogP contribution >= 0.6 is 12.6 Å². The average molecular weight is 757 g/mol. The minimum Gasteiger partial charge on any atom is -0.480 e. The number of nitrogens with one attached hydrogen (secondary N) is 5. The number of likely N-dealkylation sites (tertiary alicyclic amines) is 1. The summed E-state index contributed by atoms with van der Waals surface area (Å²) in [5.41, 5.74) is 11.4. The molecular formula is C35H64N8O8S. The van der Waals surface area contributed by atoms with Gasteiger partial charge in [0, 0.05) is 12.3 Å². The number of nitrogens with two attached hydrogens (primary N) is 2. The SMILES string of the molecule is CC(C)C[C@H](NC(=O)[C@H](CCCCN)NC(=O)[C@H](CC(C)C)NC(=O)[C@H](C)NC(=O)[C@@H]1CCCN1C(=O)[C@H](CC(C)C)NC(=O)[C@@H](N)CS)C(=O)O. The highest BCUT2D eigenvalue weighted by molar-refractivity contribution is 7.80. The van der Waals surface area contributed by atoms with E-state index in [0.717, 1.165) is 0 Å². The van der Waals surface area contributed by atoms with Crippen LogP contribution in [0.25, 0.3) is 0 Å². The van der Waals surface area contributed by atoms with Crippen LogP contribution in [0, 0.1) is 17.8 Å². The van der Waals surface area contributed by atoms with Crippen LogP contribution in [0.5, 0.6) is 0 Å². The van der Waals surface area contributed by atoms with Crippen molar-refractivity contribution in [3.8, 4) is 0 Å². The Kier molecular flexibility index (Phi) is 20.8. The van der Waals surface area contributed by atoms with Gasteiger partial charge < -0.3 is 48.1 Å². The monoisotopic (exact) mass is 756 g/mol. The summed E-state index contributed by atoms with van der Waals surface area (Å²) in [6, 6.07) is -7.04. The van der Waals surface area contributed by atoms with Crippen molar-refractivity contribution in [2.45, 2.75) is 142 Å². The normalized spacial score (nSPS) is 17.9. The zero-order valence-corrected chi connectivity index (χ0v) is 32.8. The molecule has 1 aliphatic rings. The van der Waals surface area contributed by atoms with Gasteiger partial charge in [-0.05, 0) is 82.6 Å². The van der Waals surface area contributed by atoms with Crippen molar-refractivity contribution in [2.24, 2.45) is 29.2 Å². The van der Waals surface area contributed by atoms with E-state index in [1.165, 1.54) is 11.8 Å². The molecular weight excluding hydrogens is 693 g/mol. The van der Waals surface area contributed by atoms with Crippen molar-refractivity contribution in [3.05, 3.63) is 0 Å². The number of unbranched alkanes of at least 4 members (excludes halogenated alkanes) is 1. The Morgan fingerprint density at radius 2 is 1.21 bits per heavy atom. The van der Waals surface area contributed by atoms with Gasteiger partial charge in [-0.3, -0.25) is 28.8 Å². The molecule has 1 saturated heterocycles. The van der Waals surface area contributed by atoms with Crippen LogP contribution in [0.1, 0.15) is 99.8 Å². The van der Waals surface area contributed by atoms with Gasteiger partial charge in [-0.1, -0.05) is 41.5 Å². The van der Waals surface area contributed by atoms with Gasteiger partial charge in [0.25, 0.3) is 0 Å². The number of carboxylic acid groups (broad SMARTS) is 1. The van der Waals surface area contributed by atoms with Crippen LogP contribution in [0.15, 0.2) is 0 Å². The van der Waals surface area contributed by atoms with E-state index in [9.17, 15) is 38.7 Å². The summed E-state index contributed by atoms with van der Waals surface area (Å²) in [6.45, 7) is 13.3. The molecule has 1 fully saturated rings. The van der Waals surface area contributed by atoms with Gasteiger partial charge in [-0.25, -0.2) is 4.79 Å². The van der Waals surface area contributed by atoms with E-state index in [4.69, 9.17) is 11.5 Å². The molecule has 0 spiro atoms. The van der Waals surface area contributed by atoms with Crippen LogP contribution in [-0.4, -0.2) is 113 Å². The number of amides is 6. The van der Waals surface area contributed by atoms with Crippen molar-refractivity contribution >= 4 is 54.0 Å². The molecule has 298 valence electrons. The molecule has 0 radical (unpaired) electrons. The maximum absolute atomic E-state index is 13.6. The summed E-state index contributed by atoms with van der Waals surface area (Å²) < 4.78 is 0. The van der Waals surface area contributed by atoms with Gasteiger partial charge in [0.05, 0.1) is 6.04 Å². The molecule has 0 aliphatic carbocycles. The quantitative estimate of drug-likeness (QED) is 0.0500. The predicted octanol–water partition coefficient (Wildman–Crippen LogP) is 0.0303. The molecule has 6 amide bonds. The van der Waals surface area contributed by atoms with Crippen molar-refractivity contribution in [3.63, 3.8) is 0 Å². The zero-order valence-electron chi connectivity index (χ0n) is 31.9. The lowest BCUT2D eigenvalue weighted by molar-refractivity contribution is -0.143. The summed E-state index contributed by atoms with van der Waals surface area (Å²) in [7, 11) is 0. The fraction of sp³-hybridized carbons (Fsp3) is 0.800. The molecule has 0 bridgehead atoms. The third-order valence-corrected chi connectivity index (χ3v) is 9.08. The van der Waals surface area contributed by atoms with Crippen LogP contribution in [0.2, 0.25) is 0 Å². The zero-order chi connectivity index (χ0) is 39.7. The van der Waals surface area contributed by atoms with Crippen molar-refractivity contribution in [1.82, 2.24) is 31.5 Å². The van der Waals surface area contributed by atoms with Gasteiger partial charge in [0.2, 0.25) is 35.4 Å². The Labute approximate surface area is 313 Å². The molecule has 1 heterocycles. The summed E-state index contributed by atoms with van der Waals surface area (Å²) in [5, 5.41) is 22.9. The molecule has 1 aliphatic heterocycles. The van der Waals surface area contributed by atoms with E-state index in [-0.39, 0.29) is 42.8 Å². The molecule has 0 aromatic carbocycles. The second-order valence-corrected chi connectivity index (χ2v) is 15.3. The molecule has 16 nitrogen and oxygen atoms in total. The van der Waals surface area contributed by atoms with Crippen LogP contribution < -0.4 is 38.1 Å². The lowest BCUT2D eigenvalue weighted by Crippen LogP contribution is -2.59. The number of hydrogen-bond donors (Lipinski definition) is 9. The maximum atomic E-state index is 13.6. The number of nitrogens with zero attached hydrogens (tertiary/aromatic N) is 1. The second kappa shape index (κ2) is 23.3. The Morgan fingerprint density at radius 1 is 0.712 bits per heavy atom. The summed E-state index contributed by atoms with van der Waals surface area (Å²) in [6.07, 6.45) is 2.94.